The zero-order valence-corrected chi connectivity index (χ0v) is 10.4. The monoisotopic (exact) mass is 215 g/mol. The molecule has 1 heteroatoms. The minimum Gasteiger partial charge on any atom is -0.309 e. The van der Waals surface area contributed by atoms with E-state index in [0.29, 0.717) is 0 Å². The number of hydrogen-bond donors (Lipinski definition) is 0. The third-order valence-corrected chi connectivity index (χ3v) is 3.22. The highest BCUT2D eigenvalue weighted by molar-refractivity contribution is 5.69. The molecule has 0 N–H and O–H groups in total. The summed E-state index contributed by atoms with van der Waals surface area (Å²) in [5.74, 6) is 0. The Labute approximate surface area is 98.8 Å². The quantitative estimate of drug-likeness (QED) is 0.744. The van der Waals surface area contributed by atoms with Crippen LogP contribution in [-0.2, 0) is 6.42 Å². The number of rotatable bonds is 4. The van der Waals surface area contributed by atoms with Crippen LogP contribution >= 0.6 is 0 Å². The molecule has 1 nitrogen and oxygen atoms in total. The van der Waals surface area contributed by atoms with Crippen LogP contribution < -0.4 is 0 Å². The minimum absolute atomic E-state index is 1.18. The summed E-state index contributed by atoms with van der Waals surface area (Å²) in [5.41, 5.74) is 4.58. The van der Waals surface area contributed by atoms with Gasteiger partial charge in [-0.2, -0.15) is 0 Å². The second kappa shape index (κ2) is 5.31. The predicted octanol–water partition coefficient (Wildman–Crippen LogP) is 3.36. The summed E-state index contributed by atoms with van der Waals surface area (Å²) in [5, 5.41) is 0. The Hall–Kier alpha value is -1.08. The highest BCUT2D eigenvalue weighted by atomic mass is 15.0. The van der Waals surface area contributed by atoms with Crippen LogP contribution in [0.4, 0.5) is 0 Å². The van der Waals surface area contributed by atoms with E-state index in [1.165, 1.54) is 43.4 Å². The molecule has 0 aliphatic heterocycles. The van der Waals surface area contributed by atoms with Crippen molar-refractivity contribution in [3.05, 3.63) is 41.5 Å². The van der Waals surface area contributed by atoms with Crippen molar-refractivity contribution in [3.63, 3.8) is 0 Å². The van der Waals surface area contributed by atoms with Gasteiger partial charge in [0.05, 0.1) is 0 Å². The SMILES string of the molecule is CN(C)CCCC1=CCCc2ccccc21. The summed E-state index contributed by atoms with van der Waals surface area (Å²) in [7, 11) is 4.28. The molecule has 1 aromatic carbocycles. The van der Waals surface area contributed by atoms with E-state index in [9.17, 15) is 0 Å². The number of aryl methyl sites for hydroxylation is 1. The number of hydrogen-bond acceptors (Lipinski definition) is 1. The third kappa shape index (κ3) is 2.73. The molecule has 0 radical (unpaired) electrons. The largest absolute Gasteiger partial charge is 0.309 e. The first-order valence-electron chi connectivity index (χ1n) is 6.19. The molecule has 0 saturated heterocycles. The molecule has 0 unspecified atom stereocenters. The van der Waals surface area contributed by atoms with Gasteiger partial charge >= 0.3 is 0 Å². The Bertz CT molecular complexity index is 377. The number of benzene rings is 1. The van der Waals surface area contributed by atoms with Crippen LogP contribution in [0.1, 0.15) is 30.4 Å². The van der Waals surface area contributed by atoms with E-state index in [2.05, 4.69) is 49.3 Å². The standard InChI is InChI=1S/C15H21N/c1-16(2)12-6-10-14-9-5-8-13-7-3-4-11-15(13)14/h3-4,7,9,11H,5-6,8,10,12H2,1-2H3. The average Bonchev–Trinajstić information content (AvgIpc) is 2.29. The van der Waals surface area contributed by atoms with Gasteiger partial charge in [0.2, 0.25) is 0 Å². The van der Waals surface area contributed by atoms with E-state index in [-0.39, 0.29) is 0 Å². The summed E-state index contributed by atoms with van der Waals surface area (Å²) in [6.45, 7) is 1.18. The maximum absolute atomic E-state index is 2.43. The fraction of sp³-hybridized carbons (Fsp3) is 0.467. The van der Waals surface area contributed by atoms with Crippen molar-refractivity contribution in [2.75, 3.05) is 20.6 Å². The van der Waals surface area contributed by atoms with Crippen molar-refractivity contribution in [2.24, 2.45) is 0 Å². The molecule has 0 saturated carbocycles. The minimum atomic E-state index is 1.18. The van der Waals surface area contributed by atoms with E-state index in [0.717, 1.165) is 0 Å². The first-order valence-corrected chi connectivity index (χ1v) is 6.19. The molecule has 0 aromatic heterocycles. The molecule has 0 fully saturated rings. The number of fused-ring (bicyclic) bond motifs is 1. The van der Waals surface area contributed by atoms with Crippen molar-refractivity contribution in [2.45, 2.75) is 25.7 Å². The fourth-order valence-electron chi connectivity index (χ4n) is 2.39. The Morgan fingerprint density at radius 1 is 1.19 bits per heavy atom. The number of nitrogens with zero attached hydrogens (tertiary/aromatic N) is 1. The van der Waals surface area contributed by atoms with E-state index < -0.39 is 0 Å². The molecule has 0 bridgehead atoms. The summed E-state index contributed by atoms with van der Waals surface area (Å²) >= 11 is 0. The van der Waals surface area contributed by atoms with Crippen LogP contribution in [-0.4, -0.2) is 25.5 Å². The second-order valence-electron chi connectivity index (χ2n) is 4.83. The van der Waals surface area contributed by atoms with Gasteiger partial charge < -0.3 is 4.90 Å². The summed E-state index contributed by atoms with van der Waals surface area (Å²) in [6, 6.07) is 8.86. The van der Waals surface area contributed by atoms with Gasteiger partial charge in [-0.1, -0.05) is 30.3 Å². The third-order valence-electron chi connectivity index (χ3n) is 3.22. The molecular formula is C15H21N. The normalized spacial score (nSPS) is 14.8. The Morgan fingerprint density at radius 3 is 2.81 bits per heavy atom. The van der Waals surface area contributed by atoms with E-state index in [4.69, 9.17) is 0 Å². The predicted molar refractivity (Wildman–Crippen MR) is 70.5 cm³/mol. The van der Waals surface area contributed by atoms with E-state index in [1.807, 2.05) is 0 Å². The molecule has 86 valence electrons. The molecule has 1 aliphatic rings. The van der Waals surface area contributed by atoms with Gasteiger partial charge in [-0.25, -0.2) is 0 Å². The van der Waals surface area contributed by atoms with Gasteiger partial charge in [0.25, 0.3) is 0 Å². The Kier molecular flexibility index (Phi) is 3.79. The van der Waals surface area contributed by atoms with Crippen LogP contribution in [0.25, 0.3) is 5.57 Å². The smallest absolute Gasteiger partial charge is 0.00217 e. The zero-order valence-electron chi connectivity index (χ0n) is 10.4. The molecule has 1 aliphatic carbocycles. The van der Waals surface area contributed by atoms with Gasteiger partial charge in [0, 0.05) is 0 Å². The van der Waals surface area contributed by atoms with Gasteiger partial charge in [0.1, 0.15) is 0 Å². The molecular weight excluding hydrogens is 194 g/mol. The fourth-order valence-corrected chi connectivity index (χ4v) is 2.39. The van der Waals surface area contributed by atoms with Crippen LogP contribution in [0.3, 0.4) is 0 Å². The first kappa shape index (κ1) is 11.4. The highest BCUT2D eigenvalue weighted by Gasteiger charge is 2.10. The summed E-state index contributed by atoms with van der Waals surface area (Å²) < 4.78 is 0. The maximum Gasteiger partial charge on any atom is -0.00217 e. The molecule has 0 spiro atoms. The topological polar surface area (TPSA) is 3.24 Å². The van der Waals surface area contributed by atoms with E-state index in [1.54, 1.807) is 5.57 Å². The Balaban J connectivity index is 2.02. The van der Waals surface area contributed by atoms with Crippen LogP contribution in [0.5, 0.6) is 0 Å². The van der Waals surface area contributed by atoms with Crippen LogP contribution in [0.15, 0.2) is 30.3 Å². The first-order chi connectivity index (χ1) is 7.77. The highest BCUT2D eigenvalue weighted by Crippen LogP contribution is 2.29. The molecule has 1 aromatic rings. The second-order valence-corrected chi connectivity index (χ2v) is 4.83. The van der Waals surface area contributed by atoms with Crippen molar-refractivity contribution in [1.29, 1.82) is 0 Å². The van der Waals surface area contributed by atoms with Crippen LogP contribution in [0.2, 0.25) is 0 Å². The van der Waals surface area contributed by atoms with Gasteiger partial charge in [-0.15, -0.1) is 0 Å². The van der Waals surface area contributed by atoms with Crippen molar-refractivity contribution >= 4 is 5.57 Å². The molecule has 0 amide bonds. The summed E-state index contributed by atoms with van der Waals surface area (Å²) in [4.78, 5) is 2.26. The van der Waals surface area contributed by atoms with E-state index >= 15 is 0 Å². The molecule has 16 heavy (non-hydrogen) atoms. The summed E-state index contributed by atoms with van der Waals surface area (Å²) in [6.07, 6.45) is 7.34. The van der Waals surface area contributed by atoms with Gasteiger partial charge in [-0.05, 0) is 63.0 Å². The lowest BCUT2D eigenvalue weighted by Crippen LogP contribution is -2.13. The van der Waals surface area contributed by atoms with Crippen molar-refractivity contribution in [1.82, 2.24) is 4.90 Å². The lowest BCUT2D eigenvalue weighted by atomic mass is 9.88. The Morgan fingerprint density at radius 2 is 2.00 bits per heavy atom. The lowest BCUT2D eigenvalue weighted by Gasteiger charge is -2.18. The maximum atomic E-state index is 2.43. The lowest BCUT2D eigenvalue weighted by molar-refractivity contribution is 0.402. The molecule has 0 heterocycles. The average molecular weight is 215 g/mol. The van der Waals surface area contributed by atoms with Crippen molar-refractivity contribution in [3.8, 4) is 0 Å². The van der Waals surface area contributed by atoms with Gasteiger partial charge in [-0.3, -0.25) is 0 Å². The van der Waals surface area contributed by atoms with Crippen molar-refractivity contribution < 1.29 is 0 Å². The number of allylic oxidation sites excluding steroid dienone is 2. The zero-order chi connectivity index (χ0) is 11.4. The molecule has 0 atom stereocenters. The van der Waals surface area contributed by atoms with Gasteiger partial charge in [0.15, 0.2) is 0 Å². The molecule has 2 rings (SSSR count). The van der Waals surface area contributed by atoms with Crippen LogP contribution in [0, 0.1) is 0 Å².